The molecule has 3 rings (SSSR count). The van der Waals surface area contributed by atoms with E-state index in [-0.39, 0.29) is 5.41 Å². The van der Waals surface area contributed by atoms with E-state index in [1.54, 1.807) is 0 Å². The van der Waals surface area contributed by atoms with E-state index in [1.807, 2.05) is 6.07 Å². The van der Waals surface area contributed by atoms with Gasteiger partial charge >= 0.3 is 0 Å². The van der Waals surface area contributed by atoms with Crippen molar-refractivity contribution in [3.63, 3.8) is 0 Å². The van der Waals surface area contributed by atoms with Gasteiger partial charge < -0.3 is 0 Å². The zero-order valence-electron chi connectivity index (χ0n) is 11.8. The summed E-state index contributed by atoms with van der Waals surface area (Å²) < 4.78 is 0. The molecular weight excluding hydrogens is 230 g/mol. The fraction of sp³-hybridized carbons (Fsp3) is 0.278. The van der Waals surface area contributed by atoms with Crippen molar-refractivity contribution in [2.45, 2.75) is 26.2 Å². The summed E-state index contributed by atoms with van der Waals surface area (Å²) >= 11 is 0. The molecule has 0 N–H and O–H groups in total. The van der Waals surface area contributed by atoms with Gasteiger partial charge in [0, 0.05) is 23.1 Å². The summed E-state index contributed by atoms with van der Waals surface area (Å²) in [6, 6.07) is 17.0. The maximum atomic E-state index is 4.85. The monoisotopic (exact) mass is 249 g/mol. The molecule has 0 saturated carbocycles. The van der Waals surface area contributed by atoms with Gasteiger partial charge in [0.1, 0.15) is 0 Å². The van der Waals surface area contributed by atoms with Gasteiger partial charge in [-0.05, 0) is 18.1 Å². The Balaban J connectivity index is 2.22. The molecule has 0 amide bonds. The second kappa shape index (κ2) is 4.34. The van der Waals surface area contributed by atoms with Crippen molar-refractivity contribution in [2.75, 3.05) is 6.54 Å². The number of rotatable bonds is 1. The van der Waals surface area contributed by atoms with Crippen molar-refractivity contribution in [3.8, 4) is 0 Å². The van der Waals surface area contributed by atoms with Gasteiger partial charge in [-0.15, -0.1) is 0 Å². The third-order valence-electron chi connectivity index (χ3n) is 3.88. The Kier molecular flexibility index (Phi) is 2.78. The summed E-state index contributed by atoms with van der Waals surface area (Å²) in [5.74, 6) is 0. The number of nitrogens with zero attached hydrogens (tertiary/aromatic N) is 1. The zero-order valence-corrected chi connectivity index (χ0v) is 11.8. The standard InChI is InChI=1S/C18H19N/c1-13-8-7-11-15-16(13)18(2,3)12-19-17(15)14-9-5-4-6-10-14/h4-11H,12H2,1-3H3. The average molecular weight is 249 g/mol. The van der Waals surface area contributed by atoms with Gasteiger partial charge in [-0.3, -0.25) is 4.99 Å². The molecule has 2 aromatic carbocycles. The highest BCUT2D eigenvalue weighted by Crippen LogP contribution is 2.35. The second-order valence-electron chi connectivity index (χ2n) is 5.91. The lowest BCUT2D eigenvalue weighted by molar-refractivity contribution is 0.529. The van der Waals surface area contributed by atoms with E-state index in [2.05, 4.69) is 63.2 Å². The van der Waals surface area contributed by atoms with Crippen LogP contribution >= 0.6 is 0 Å². The van der Waals surface area contributed by atoms with Gasteiger partial charge in [0.05, 0.1) is 5.71 Å². The molecule has 0 radical (unpaired) electrons. The molecule has 96 valence electrons. The van der Waals surface area contributed by atoms with Crippen molar-refractivity contribution >= 4 is 5.71 Å². The fourth-order valence-corrected chi connectivity index (χ4v) is 3.05. The molecule has 0 aliphatic carbocycles. The number of aryl methyl sites for hydroxylation is 1. The lowest BCUT2D eigenvalue weighted by atomic mass is 9.75. The Bertz CT molecular complexity index is 636. The lowest BCUT2D eigenvalue weighted by Crippen LogP contribution is -2.31. The first kappa shape index (κ1) is 12.2. The summed E-state index contributed by atoms with van der Waals surface area (Å²) in [7, 11) is 0. The predicted molar refractivity (Wildman–Crippen MR) is 81.2 cm³/mol. The van der Waals surface area contributed by atoms with E-state index in [4.69, 9.17) is 4.99 Å². The van der Waals surface area contributed by atoms with E-state index in [0.29, 0.717) is 0 Å². The van der Waals surface area contributed by atoms with Gasteiger partial charge in [-0.2, -0.15) is 0 Å². The number of hydrogen-bond donors (Lipinski definition) is 0. The van der Waals surface area contributed by atoms with Crippen LogP contribution in [0.2, 0.25) is 0 Å². The van der Waals surface area contributed by atoms with Crippen LogP contribution in [0, 0.1) is 6.92 Å². The van der Waals surface area contributed by atoms with Crippen molar-refractivity contribution in [3.05, 3.63) is 70.8 Å². The van der Waals surface area contributed by atoms with E-state index in [9.17, 15) is 0 Å². The molecule has 0 saturated heterocycles. The predicted octanol–water partition coefficient (Wildman–Crippen LogP) is 4.12. The third-order valence-corrected chi connectivity index (χ3v) is 3.88. The largest absolute Gasteiger partial charge is 0.283 e. The number of benzene rings is 2. The minimum atomic E-state index is 0.124. The second-order valence-corrected chi connectivity index (χ2v) is 5.91. The Hall–Kier alpha value is -1.89. The Morgan fingerprint density at radius 2 is 1.68 bits per heavy atom. The summed E-state index contributed by atoms with van der Waals surface area (Å²) in [6.07, 6.45) is 0. The van der Waals surface area contributed by atoms with Crippen molar-refractivity contribution in [1.29, 1.82) is 0 Å². The molecular formula is C18H19N. The highest BCUT2D eigenvalue weighted by Gasteiger charge is 2.30. The molecule has 19 heavy (non-hydrogen) atoms. The van der Waals surface area contributed by atoms with Crippen molar-refractivity contribution < 1.29 is 0 Å². The SMILES string of the molecule is Cc1cccc2c1C(C)(C)CN=C2c1ccccc1. The molecule has 0 unspecified atom stereocenters. The average Bonchev–Trinajstić information content (AvgIpc) is 2.39. The van der Waals surface area contributed by atoms with E-state index < -0.39 is 0 Å². The van der Waals surface area contributed by atoms with Crippen LogP contribution in [0.25, 0.3) is 0 Å². The van der Waals surface area contributed by atoms with Gasteiger partial charge in [0.25, 0.3) is 0 Å². The highest BCUT2D eigenvalue weighted by molar-refractivity contribution is 6.14. The molecule has 1 aliphatic rings. The maximum Gasteiger partial charge on any atom is 0.0722 e. The van der Waals surface area contributed by atoms with Crippen LogP contribution in [0.15, 0.2) is 53.5 Å². The van der Waals surface area contributed by atoms with Crippen LogP contribution in [-0.2, 0) is 5.41 Å². The van der Waals surface area contributed by atoms with Crippen molar-refractivity contribution in [1.82, 2.24) is 0 Å². The van der Waals surface area contributed by atoms with Crippen molar-refractivity contribution in [2.24, 2.45) is 4.99 Å². The summed E-state index contributed by atoms with van der Waals surface area (Å²) in [5.41, 5.74) is 6.58. The van der Waals surface area contributed by atoms with Crippen LogP contribution in [0.5, 0.6) is 0 Å². The van der Waals surface area contributed by atoms with Crippen LogP contribution in [0.4, 0.5) is 0 Å². The van der Waals surface area contributed by atoms with E-state index in [0.717, 1.165) is 12.3 Å². The number of hydrogen-bond acceptors (Lipinski definition) is 1. The summed E-state index contributed by atoms with van der Waals surface area (Å²) in [5, 5.41) is 0. The Morgan fingerprint density at radius 1 is 0.947 bits per heavy atom. The third kappa shape index (κ3) is 1.99. The molecule has 1 heteroatoms. The molecule has 2 aromatic rings. The quantitative estimate of drug-likeness (QED) is 0.721. The highest BCUT2D eigenvalue weighted by atomic mass is 14.8. The summed E-state index contributed by atoms with van der Waals surface area (Å²) in [6.45, 7) is 7.62. The smallest absolute Gasteiger partial charge is 0.0722 e. The van der Waals surface area contributed by atoms with E-state index >= 15 is 0 Å². The number of aliphatic imine (C=N–C) groups is 1. The van der Waals surface area contributed by atoms with E-state index in [1.165, 1.54) is 22.3 Å². The first-order valence-electron chi connectivity index (χ1n) is 6.80. The molecule has 1 nitrogen and oxygen atoms in total. The molecule has 0 bridgehead atoms. The minimum Gasteiger partial charge on any atom is -0.283 e. The first-order chi connectivity index (χ1) is 9.09. The van der Waals surface area contributed by atoms with Crippen LogP contribution < -0.4 is 0 Å². The van der Waals surface area contributed by atoms with Crippen LogP contribution in [0.3, 0.4) is 0 Å². The summed E-state index contributed by atoms with van der Waals surface area (Å²) in [4.78, 5) is 4.85. The molecule has 0 fully saturated rings. The van der Waals surface area contributed by atoms with Gasteiger partial charge in [0.15, 0.2) is 0 Å². The lowest BCUT2D eigenvalue weighted by Gasteiger charge is -2.33. The van der Waals surface area contributed by atoms with Crippen LogP contribution in [-0.4, -0.2) is 12.3 Å². The van der Waals surface area contributed by atoms with Gasteiger partial charge in [-0.1, -0.05) is 62.4 Å². The van der Waals surface area contributed by atoms with Gasteiger partial charge in [-0.25, -0.2) is 0 Å². The molecule has 0 aromatic heterocycles. The zero-order chi connectivity index (χ0) is 13.5. The normalized spacial score (nSPS) is 16.7. The first-order valence-corrected chi connectivity index (χ1v) is 6.80. The maximum absolute atomic E-state index is 4.85. The fourth-order valence-electron chi connectivity index (χ4n) is 3.05. The minimum absolute atomic E-state index is 0.124. The molecule has 0 spiro atoms. The number of fused-ring (bicyclic) bond motifs is 1. The Labute approximate surface area is 115 Å². The molecule has 0 atom stereocenters. The Morgan fingerprint density at radius 3 is 2.42 bits per heavy atom. The molecule has 1 aliphatic heterocycles. The molecule has 1 heterocycles. The topological polar surface area (TPSA) is 12.4 Å². The van der Waals surface area contributed by atoms with Crippen LogP contribution in [0.1, 0.15) is 36.1 Å². The van der Waals surface area contributed by atoms with Gasteiger partial charge in [0.2, 0.25) is 0 Å².